The number of hydrogen-bond donors (Lipinski definition) is 2. The third kappa shape index (κ3) is 3.56. The molecule has 1 aromatic carbocycles. The van der Waals surface area contributed by atoms with Crippen molar-refractivity contribution in [3.63, 3.8) is 0 Å². The van der Waals surface area contributed by atoms with E-state index in [0.717, 1.165) is 11.5 Å². The highest BCUT2D eigenvalue weighted by Crippen LogP contribution is 2.34. The molecule has 0 heterocycles. The molecule has 0 saturated heterocycles. The van der Waals surface area contributed by atoms with Gasteiger partial charge < -0.3 is 10.4 Å². The first kappa shape index (κ1) is 13.6. The van der Waals surface area contributed by atoms with Crippen LogP contribution in [0.5, 0.6) is 0 Å². The molecule has 1 aromatic rings. The van der Waals surface area contributed by atoms with E-state index in [1.54, 1.807) is 0 Å². The molecule has 0 aromatic heterocycles. The molecule has 2 N–H and O–H groups in total. The van der Waals surface area contributed by atoms with Gasteiger partial charge in [0, 0.05) is 12.6 Å². The van der Waals surface area contributed by atoms with Crippen molar-refractivity contribution < 1.29 is 5.11 Å². The van der Waals surface area contributed by atoms with Crippen molar-refractivity contribution in [2.75, 3.05) is 6.54 Å². The van der Waals surface area contributed by atoms with Gasteiger partial charge in [-0.3, -0.25) is 0 Å². The minimum absolute atomic E-state index is 0.398. The van der Waals surface area contributed by atoms with Crippen LogP contribution in [0.25, 0.3) is 0 Å². The first-order valence-corrected chi connectivity index (χ1v) is 7.18. The van der Waals surface area contributed by atoms with Crippen LogP contribution in [0.3, 0.4) is 0 Å². The molecule has 0 spiro atoms. The molecule has 0 aliphatic heterocycles. The minimum Gasteiger partial charge on any atom is -0.387 e. The van der Waals surface area contributed by atoms with Gasteiger partial charge in [-0.1, -0.05) is 51.0 Å². The normalized spacial score (nSPS) is 18.4. The van der Waals surface area contributed by atoms with Gasteiger partial charge in [0.05, 0.1) is 6.10 Å². The summed E-state index contributed by atoms with van der Waals surface area (Å²) in [4.78, 5) is 0. The molecule has 0 bridgehead atoms. The maximum atomic E-state index is 10.1. The van der Waals surface area contributed by atoms with Crippen molar-refractivity contribution in [1.29, 1.82) is 0 Å². The summed E-state index contributed by atoms with van der Waals surface area (Å²) >= 11 is 0. The molecule has 0 unspecified atom stereocenters. The lowest BCUT2D eigenvalue weighted by Gasteiger charge is -2.16. The van der Waals surface area contributed by atoms with Crippen LogP contribution < -0.4 is 5.32 Å². The Labute approximate surface area is 110 Å². The van der Waals surface area contributed by atoms with Crippen LogP contribution >= 0.6 is 0 Å². The number of hydrogen-bond acceptors (Lipinski definition) is 2. The number of aliphatic hydroxyl groups excluding tert-OH is 1. The molecule has 1 fully saturated rings. The fourth-order valence-corrected chi connectivity index (χ4v) is 2.71. The van der Waals surface area contributed by atoms with E-state index in [4.69, 9.17) is 0 Å². The standard InChI is InChI=1S/C16H25NO/c1-12(2)17-11-16(18)15-9-7-14(8-10-15)13-5-3-4-6-13/h7-10,12-13,16-18H,3-6,11H2,1-2H3/t16-/m1/s1. The molecule has 18 heavy (non-hydrogen) atoms. The van der Waals surface area contributed by atoms with E-state index in [1.165, 1.54) is 31.2 Å². The summed E-state index contributed by atoms with van der Waals surface area (Å²) in [6.45, 7) is 4.81. The summed E-state index contributed by atoms with van der Waals surface area (Å²) < 4.78 is 0. The fourth-order valence-electron chi connectivity index (χ4n) is 2.71. The van der Waals surface area contributed by atoms with Gasteiger partial charge in [0.1, 0.15) is 0 Å². The van der Waals surface area contributed by atoms with Crippen LogP contribution in [-0.2, 0) is 0 Å². The summed E-state index contributed by atoms with van der Waals surface area (Å²) in [6.07, 6.45) is 5.00. The van der Waals surface area contributed by atoms with Crippen molar-refractivity contribution in [2.24, 2.45) is 0 Å². The van der Waals surface area contributed by atoms with E-state index in [9.17, 15) is 5.11 Å². The highest BCUT2D eigenvalue weighted by Gasteiger charge is 2.17. The van der Waals surface area contributed by atoms with Crippen molar-refractivity contribution >= 4 is 0 Å². The van der Waals surface area contributed by atoms with E-state index < -0.39 is 6.10 Å². The number of nitrogens with one attached hydrogen (secondary N) is 1. The van der Waals surface area contributed by atoms with E-state index in [1.807, 2.05) is 0 Å². The second-order valence-electron chi connectivity index (χ2n) is 5.73. The third-order valence-corrected chi connectivity index (χ3v) is 3.87. The molecular weight excluding hydrogens is 222 g/mol. The molecule has 100 valence electrons. The van der Waals surface area contributed by atoms with E-state index in [2.05, 4.69) is 43.4 Å². The Morgan fingerprint density at radius 3 is 2.33 bits per heavy atom. The molecule has 1 saturated carbocycles. The highest BCUT2D eigenvalue weighted by atomic mass is 16.3. The topological polar surface area (TPSA) is 32.3 Å². The zero-order valence-corrected chi connectivity index (χ0v) is 11.5. The molecule has 0 amide bonds. The van der Waals surface area contributed by atoms with Gasteiger partial charge in [-0.05, 0) is 29.9 Å². The number of rotatable bonds is 5. The van der Waals surface area contributed by atoms with Gasteiger partial charge >= 0.3 is 0 Å². The van der Waals surface area contributed by atoms with Gasteiger partial charge in [0.15, 0.2) is 0 Å². The quantitative estimate of drug-likeness (QED) is 0.836. The van der Waals surface area contributed by atoms with Gasteiger partial charge in [0.2, 0.25) is 0 Å². The molecule has 1 aliphatic rings. The van der Waals surface area contributed by atoms with Crippen molar-refractivity contribution in [2.45, 2.75) is 57.6 Å². The Kier molecular flexibility index (Phi) is 4.79. The van der Waals surface area contributed by atoms with Crippen LogP contribution in [0.1, 0.15) is 62.7 Å². The van der Waals surface area contributed by atoms with Crippen LogP contribution in [-0.4, -0.2) is 17.7 Å². The first-order valence-electron chi connectivity index (χ1n) is 7.18. The lowest BCUT2D eigenvalue weighted by atomic mass is 9.96. The Hall–Kier alpha value is -0.860. The Bertz CT molecular complexity index is 352. The maximum Gasteiger partial charge on any atom is 0.0914 e. The number of aliphatic hydroxyl groups is 1. The predicted molar refractivity (Wildman–Crippen MR) is 75.7 cm³/mol. The van der Waals surface area contributed by atoms with Gasteiger partial charge in [-0.2, -0.15) is 0 Å². The fraction of sp³-hybridized carbons (Fsp3) is 0.625. The SMILES string of the molecule is CC(C)NC[C@@H](O)c1ccc(C2CCCC2)cc1. The molecule has 2 heteroatoms. The maximum absolute atomic E-state index is 10.1. The van der Waals surface area contributed by atoms with Gasteiger partial charge in [0.25, 0.3) is 0 Å². The van der Waals surface area contributed by atoms with E-state index in [-0.39, 0.29) is 0 Å². The van der Waals surface area contributed by atoms with Crippen LogP contribution in [0.15, 0.2) is 24.3 Å². The molecule has 0 radical (unpaired) electrons. The van der Waals surface area contributed by atoms with Crippen molar-refractivity contribution in [3.05, 3.63) is 35.4 Å². The molecule has 2 nitrogen and oxygen atoms in total. The summed E-state index contributed by atoms with van der Waals surface area (Å²) in [5, 5.41) is 13.3. The van der Waals surface area contributed by atoms with E-state index >= 15 is 0 Å². The Balaban J connectivity index is 1.93. The first-order chi connectivity index (χ1) is 8.66. The summed E-state index contributed by atoms with van der Waals surface area (Å²) in [5.41, 5.74) is 2.46. The summed E-state index contributed by atoms with van der Waals surface area (Å²) in [7, 11) is 0. The smallest absolute Gasteiger partial charge is 0.0914 e. The summed E-state index contributed by atoms with van der Waals surface area (Å²) in [6, 6.07) is 8.98. The van der Waals surface area contributed by atoms with Crippen molar-refractivity contribution in [3.8, 4) is 0 Å². The number of benzene rings is 1. The lowest BCUT2D eigenvalue weighted by Crippen LogP contribution is -2.27. The molecule has 2 rings (SSSR count). The highest BCUT2D eigenvalue weighted by molar-refractivity contribution is 5.27. The predicted octanol–water partition coefficient (Wildman–Crippen LogP) is 3.38. The summed E-state index contributed by atoms with van der Waals surface area (Å²) in [5.74, 6) is 0.755. The zero-order chi connectivity index (χ0) is 13.0. The third-order valence-electron chi connectivity index (χ3n) is 3.87. The van der Waals surface area contributed by atoms with Crippen LogP contribution in [0.2, 0.25) is 0 Å². The van der Waals surface area contributed by atoms with Crippen LogP contribution in [0.4, 0.5) is 0 Å². The van der Waals surface area contributed by atoms with E-state index in [0.29, 0.717) is 12.6 Å². The largest absolute Gasteiger partial charge is 0.387 e. The van der Waals surface area contributed by atoms with Crippen molar-refractivity contribution in [1.82, 2.24) is 5.32 Å². The second kappa shape index (κ2) is 6.35. The zero-order valence-electron chi connectivity index (χ0n) is 11.5. The minimum atomic E-state index is -0.398. The van der Waals surface area contributed by atoms with Gasteiger partial charge in [-0.25, -0.2) is 0 Å². The second-order valence-corrected chi connectivity index (χ2v) is 5.73. The molecule has 1 atom stereocenters. The Morgan fingerprint density at radius 1 is 1.17 bits per heavy atom. The average molecular weight is 247 g/mol. The lowest BCUT2D eigenvalue weighted by molar-refractivity contribution is 0.171. The average Bonchev–Trinajstić information content (AvgIpc) is 2.90. The molecule has 1 aliphatic carbocycles. The molecular formula is C16H25NO. The van der Waals surface area contributed by atoms with Crippen LogP contribution in [0, 0.1) is 0 Å². The Morgan fingerprint density at radius 2 is 1.78 bits per heavy atom. The van der Waals surface area contributed by atoms with Gasteiger partial charge in [-0.15, -0.1) is 0 Å². The monoisotopic (exact) mass is 247 g/mol.